The number of pyridine rings is 1. The van der Waals surface area contributed by atoms with Gasteiger partial charge in [-0.2, -0.15) is 4.99 Å². The van der Waals surface area contributed by atoms with E-state index >= 15 is 0 Å². The van der Waals surface area contributed by atoms with Crippen LogP contribution in [0.3, 0.4) is 0 Å². The van der Waals surface area contributed by atoms with Gasteiger partial charge in [0.2, 0.25) is 5.96 Å². The van der Waals surface area contributed by atoms with Crippen molar-refractivity contribution in [3.05, 3.63) is 54.2 Å². The summed E-state index contributed by atoms with van der Waals surface area (Å²) in [7, 11) is 1.83. The molecule has 1 aromatic heterocycles. The summed E-state index contributed by atoms with van der Waals surface area (Å²) in [6.07, 6.45) is 0. The molecule has 5 N–H and O–H groups in total. The topological polar surface area (TPSA) is 99.7 Å². The van der Waals surface area contributed by atoms with Crippen LogP contribution < -0.4 is 21.7 Å². The average Bonchev–Trinajstić information content (AvgIpc) is 2.62. The Bertz CT molecular complexity index is 798. The zero-order valence-electron chi connectivity index (χ0n) is 14.6. The van der Waals surface area contributed by atoms with E-state index in [9.17, 15) is 0 Å². The van der Waals surface area contributed by atoms with Crippen molar-refractivity contribution in [2.24, 2.45) is 21.6 Å². The summed E-state index contributed by atoms with van der Waals surface area (Å²) in [5, 5.41) is 9.47. The van der Waals surface area contributed by atoms with E-state index in [1.54, 1.807) is 0 Å². The summed E-state index contributed by atoms with van der Waals surface area (Å²) in [5.74, 6) is 0.882. The average molecular weight is 337 g/mol. The van der Waals surface area contributed by atoms with E-state index in [0.717, 1.165) is 11.5 Å². The fraction of sp³-hybridized carbons (Fsp3) is 0.278. The Hall–Kier alpha value is -2.93. The van der Waals surface area contributed by atoms with Gasteiger partial charge in [-0.3, -0.25) is 5.73 Å². The lowest BCUT2D eigenvalue weighted by Crippen LogP contribution is -2.61. The van der Waals surface area contributed by atoms with E-state index in [4.69, 9.17) is 5.73 Å². The number of aliphatic imine (C=N–C) groups is 2. The van der Waals surface area contributed by atoms with Gasteiger partial charge in [-0.1, -0.05) is 38.1 Å². The molecule has 25 heavy (non-hydrogen) atoms. The molecule has 0 saturated carbocycles. The lowest BCUT2D eigenvalue weighted by Gasteiger charge is -2.34. The number of benzene rings is 1. The second-order valence-corrected chi connectivity index (χ2v) is 6.15. The summed E-state index contributed by atoms with van der Waals surface area (Å²) >= 11 is 0. The quantitative estimate of drug-likeness (QED) is 0.685. The second kappa shape index (κ2) is 6.90. The number of hydrogen-bond acceptors (Lipinski definition) is 7. The fourth-order valence-corrected chi connectivity index (χ4v) is 2.36. The number of nitrogens with one attached hydrogen (secondary N) is 3. The van der Waals surface area contributed by atoms with Crippen LogP contribution in [0.1, 0.15) is 19.5 Å². The van der Waals surface area contributed by atoms with Crippen LogP contribution in [0, 0.1) is 5.92 Å². The van der Waals surface area contributed by atoms with Crippen LogP contribution in [0.4, 0.5) is 11.5 Å². The maximum atomic E-state index is 6.48. The van der Waals surface area contributed by atoms with Crippen molar-refractivity contribution in [2.75, 3.05) is 17.7 Å². The van der Waals surface area contributed by atoms with Gasteiger partial charge < -0.3 is 16.0 Å². The van der Waals surface area contributed by atoms with Gasteiger partial charge in [-0.15, -0.1) is 0 Å². The molecule has 3 rings (SSSR count). The van der Waals surface area contributed by atoms with Gasteiger partial charge in [0, 0.05) is 18.7 Å². The van der Waals surface area contributed by atoms with Gasteiger partial charge in [-0.05, 0) is 24.3 Å². The van der Waals surface area contributed by atoms with Gasteiger partial charge >= 0.3 is 0 Å². The van der Waals surface area contributed by atoms with Gasteiger partial charge in [-0.25, -0.2) is 9.98 Å². The van der Waals surface area contributed by atoms with Crippen molar-refractivity contribution in [2.45, 2.75) is 19.6 Å². The summed E-state index contributed by atoms with van der Waals surface area (Å²) < 4.78 is 0. The van der Waals surface area contributed by atoms with E-state index < -0.39 is 5.79 Å². The Balaban J connectivity index is 1.98. The number of para-hydroxylation sites is 1. The molecule has 1 unspecified atom stereocenters. The van der Waals surface area contributed by atoms with Crippen LogP contribution in [0.2, 0.25) is 0 Å². The van der Waals surface area contributed by atoms with Crippen LogP contribution in [-0.2, 0) is 0 Å². The molecule has 0 bridgehead atoms. The van der Waals surface area contributed by atoms with Crippen molar-refractivity contribution in [3.8, 4) is 0 Å². The van der Waals surface area contributed by atoms with Crippen LogP contribution >= 0.6 is 0 Å². The number of aromatic nitrogens is 1. The fourth-order valence-electron chi connectivity index (χ4n) is 2.36. The number of nitrogens with two attached hydrogens (primary N) is 1. The highest BCUT2D eigenvalue weighted by Gasteiger charge is 2.34. The maximum absolute atomic E-state index is 6.48. The zero-order valence-corrected chi connectivity index (χ0v) is 14.6. The summed E-state index contributed by atoms with van der Waals surface area (Å²) in [4.78, 5) is 13.7. The first kappa shape index (κ1) is 16.9. The first-order chi connectivity index (χ1) is 12.0. The third kappa shape index (κ3) is 3.77. The standard InChI is InChI=1S/C18H23N7/c1-12(2)18(19)24-16(14-10-7-11-15(20-3)22-14)23-17(25-18)21-13-8-5-4-6-9-13/h4-12H,19H2,1-3H3,(H,20,22)(H2,21,23,24,25). The van der Waals surface area contributed by atoms with Gasteiger partial charge in [0.25, 0.3) is 0 Å². The lowest BCUT2D eigenvalue weighted by molar-refractivity contribution is 0.294. The number of rotatable bonds is 4. The van der Waals surface area contributed by atoms with Crippen LogP contribution in [0.15, 0.2) is 58.5 Å². The third-order valence-electron chi connectivity index (χ3n) is 3.99. The highest BCUT2D eigenvalue weighted by atomic mass is 15.4. The van der Waals surface area contributed by atoms with E-state index in [1.165, 1.54) is 0 Å². The van der Waals surface area contributed by atoms with Crippen molar-refractivity contribution < 1.29 is 0 Å². The van der Waals surface area contributed by atoms with Gasteiger partial charge in [0.1, 0.15) is 11.5 Å². The molecule has 2 heterocycles. The first-order valence-corrected chi connectivity index (χ1v) is 8.23. The molecule has 1 aliphatic rings. The van der Waals surface area contributed by atoms with E-state index in [0.29, 0.717) is 17.5 Å². The third-order valence-corrected chi connectivity index (χ3v) is 3.99. The monoisotopic (exact) mass is 337 g/mol. The molecule has 1 aliphatic heterocycles. The lowest BCUT2D eigenvalue weighted by atomic mass is 10.1. The molecule has 130 valence electrons. The number of anilines is 2. The molecule has 0 amide bonds. The molecule has 0 spiro atoms. The predicted octanol–water partition coefficient (Wildman–Crippen LogP) is 2.21. The maximum Gasteiger partial charge on any atom is 0.228 e. The van der Waals surface area contributed by atoms with E-state index in [2.05, 4.69) is 30.9 Å². The first-order valence-electron chi connectivity index (χ1n) is 8.23. The van der Waals surface area contributed by atoms with Crippen molar-refractivity contribution >= 4 is 23.3 Å². The minimum atomic E-state index is -0.967. The highest BCUT2D eigenvalue weighted by molar-refractivity contribution is 6.10. The minimum Gasteiger partial charge on any atom is -0.373 e. The minimum absolute atomic E-state index is 0.0538. The Morgan fingerprint density at radius 3 is 2.52 bits per heavy atom. The second-order valence-electron chi connectivity index (χ2n) is 6.15. The molecule has 7 heteroatoms. The number of nitrogens with zero attached hydrogens (tertiary/aromatic N) is 3. The summed E-state index contributed by atoms with van der Waals surface area (Å²) in [6, 6.07) is 15.5. The Morgan fingerprint density at radius 2 is 1.84 bits per heavy atom. The molecular weight excluding hydrogens is 314 g/mol. The Kier molecular flexibility index (Phi) is 4.67. The zero-order chi connectivity index (χ0) is 17.9. The molecule has 0 fully saturated rings. The molecule has 0 aliphatic carbocycles. The number of hydrogen-bond donors (Lipinski definition) is 4. The Morgan fingerprint density at radius 1 is 1.08 bits per heavy atom. The van der Waals surface area contributed by atoms with E-state index in [1.807, 2.05) is 69.4 Å². The summed E-state index contributed by atoms with van der Waals surface area (Å²) in [5.41, 5.74) is 8.08. The highest BCUT2D eigenvalue weighted by Crippen LogP contribution is 2.19. The molecule has 2 aromatic rings. The molecule has 0 saturated heterocycles. The Labute approximate surface area is 147 Å². The van der Waals surface area contributed by atoms with Crippen LogP contribution in [-0.4, -0.2) is 29.6 Å². The summed E-state index contributed by atoms with van der Waals surface area (Å²) in [6.45, 7) is 4.02. The van der Waals surface area contributed by atoms with Gasteiger partial charge in [0.05, 0.1) is 0 Å². The smallest absolute Gasteiger partial charge is 0.228 e. The molecule has 1 aromatic carbocycles. The molecule has 1 atom stereocenters. The number of amidine groups is 1. The van der Waals surface area contributed by atoms with E-state index in [-0.39, 0.29) is 5.92 Å². The normalized spacial score (nSPS) is 19.7. The molecular formula is C18H23N7. The van der Waals surface area contributed by atoms with Crippen molar-refractivity contribution in [1.29, 1.82) is 0 Å². The van der Waals surface area contributed by atoms with Crippen LogP contribution in [0.25, 0.3) is 0 Å². The molecule has 7 nitrogen and oxygen atoms in total. The SMILES string of the molecule is CNc1cccc(C2=NC(Nc3ccccc3)=NC(N)(C(C)C)N2)n1. The van der Waals surface area contributed by atoms with Crippen LogP contribution in [0.5, 0.6) is 0 Å². The van der Waals surface area contributed by atoms with Crippen molar-refractivity contribution in [3.63, 3.8) is 0 Å². The molecule has 0 radical (unpaired) electrons. The van der Waals surface area contributed by atoms with Crippen molar-refractivity contribution in [1.82, 2.24) is 10.3 Å². The van der Waals surface area contributed by atoms with Gasteiger partial charge in [0.15, 0.2) is 11.6 Å². The number of guanidine groups is 1. The predicted molar refractivity (Wildman–Crippen MR) is 103 cm³/mol. The largest absolute Gasteiger partial charge is 0.373 e.